The van der Waals surface area contributed by atoms with Crippen LogP contribution in [0.15, 0.2) is 41.0 Å². The number of aliphatic hydroxyl groups excluding tert-OH is 1. The number of rotatable bonds is 6. The summed E-state index contributed by atoms with van der Waals surface area (Å²) >= 11 is 0. The number of fused-ring (bicyclic) bond motifs is 1. The third-order valence-corrected chi connectivity index (χ3v) is 5.50. The summed E-state index contributed by atoms with van der Waals surface area (Å²) in [5.41, 5.74) is 2.55. The van der Waals surface area contributed by atoms with E-state index < -0.39 is 6.10 Å². The molecule has 0 unspecified atom stereocenters. The van der Waals surface area contributed by atoms with Gasteiger partial charge >= 0.3 is 0 Å². The number of benzene rings is 2. The van der Waals surface area contributed by atoms with Crippen LogP contribution in [-0.2, 0) is 11.3 Å². The fraction of sp³-hybridized carbons (Fsp3) is 0.364. The minimum atomic E-state index is -0.999. The van der Waals surface area contributed by atoms with E-state index >= 15 is 0 Å². The van der Waals surface area contributed by atoms with Gasteiger partial charge in [0.15, 0.2) is 0 Å². The first-order chi connectivity index (χ1) is 14.1. The third kappa shape index (κ3) is 3.76. The number of hydrogen-bond acceptors (Lipinski definition) is 6. The molecular weight excluding hydrogens is 374 g/mol. The summed E-state index contributed by atoms with van der Waals surface area (Å²) in [5, 5.41) is 22.6. The highest BCUT2D eigenvalue weighted by Gasteiger charge is 2.26. The average Bonchev–Trinajstić information content (AvgIpc) is 3.20. The number of nitrogens with one attached hydrogen (secondary N) is 1. The minimum Gasteiger partial charge on any atom is -0.507 e. The SMILES string of the molecule is COc1ccc(OC)c([C@H](O)c2coc3ccc(O)c(C[NH+]4CCOCC4)c23)c1. The van der Waals surface area contributed by atoms with Crippen molar-refractivity contribution in [3.8, 4) is 17.2 Å². The Labute approximate surface area is 169 Å². The fourth-order valence-corrected chi connectivity index (χ4v) is 3.90. The first kappa shape index (κ1) is 19.6. The van der Waals surface area contributed by atoms with Crippen LogP contribution < -0.4 is 14.4 Å². The zero-order chi connectivity index (χ0) is 20.4. The molecule has 154 valence electrons. The number of ether oxygens (including phenoxy) is 3. The molecule has 0 saturated carbocycles. The summed E-state index contributed by atoms with van der Waals surface area (Å²) < 4.78 is 21.9. The van der Waals surface area contributed by atoms with Crippen molar-refractivity contribution in [3.05, 3.63) is 53.3 Å². The number of hydrogen-bond donors (Lipinski definition) is 3. The van der Waals surface area contributed by atoms with Crippen molar-refractivity contribution in [1.82, 2.24) is 0 Å². The Bertz CT molecular complexity index is 992. The molecule has 1 atom stereocenters. The van der Waals surface area contributed by atoms with Crippen molar-refractivity contribution < 1.29 is 33.7 Å². The van der Waals surface area contributed by atoms with Gasteiger partial charge in [0.2, 0.25) is 0 Å². The smallest absolute Gasteiger partial charge is 0.135 e. The standard InChI is InChI=1S/C22H25NO6/c1-26-14-3-5-19(27-2)15(11-14)22(25)17-13-29-20-6-4-18(24)16(21(17)20)12-23-7-9-28-10-8-23/h3-6,11,13,22,24-25H,7-10,12H2,1-2H3/p+1/t22-/m0/s1. The van der Waals surface area contributed by atoms with Crippen molar-refractivity contribution in [3.63, 3.8) is 0 Å². The zero-order valence-corrected chi connectivity index (χ0v) is 16.6. The lowest BCUT2D eigenvalue weighted by Gasteiger charge is -2.24. The lowest BCUT2D eigenvalue weighted by Crippen LogP contribution is -3.12. The summed E-state index contributed by atoms with van der Waals surface area (Å²) in [4.78, 5) is 1.32. The van der Waals surface area contributed by atoms with E-state index in [-0.39, 0.29) is 5.75 Å². The number of furan rings is 1. The van der Waals surface area contributed by atoms with Gasteiger partial charge in [-0.15, -0.1) is 0 Å². The van der Waals surface area contributed by atoms with Gasteiger partial charge < -0.3 is 33.7 Å². The molecule has 2 heterocycles. The molecule has 0 spiro atoms. The molecule has 0 amide bonds. The molecule has 1 aliphatic rings. The lowest BCUT2D eigenvalue weighted by molar-refractivity contribution is -0.921. The summed E-state index contributed by atoms with van der Waals surface area (Å²) in [6.45, 7) is 3.77. The van der Waals surface area contributed by atoms with Gasteiger partial charge in [-0.2, -0.15) is 0 Å². The van der Waals surface area contributed by atoms with Gasteiger partial charge in [-0.3, -0.25) is 0 Å². The van der Waals surface area contributed by atoms with E-state index in [9.17, 15) is 10.2 Å². The molecule has 1 fully saturated rings. The third-order valence-electron chi connectivity index (χ3n) is 5.50. The van der Waals surface area contributed by atoms with Gasteiger partial charge in [0, 0.05) is 16.5 Å². The van der Waals surface area contributed by atoms with E-state index in [0.717, 1.165) is 24.0 Å². The van der Waals surface area contributed by atoms with Crippen LogP contribution in [0.4, 0.5) is 0 Å². The summed E-state index contributed by atoms with van der Waals surface area (Å²) in [6.07, 6.45) is 0.549. The second kappa shape index (κ2) is 8.32. The summed E-state index contributed by atoms with van der Waals surface area (Å²) in [5.74, 6) is 1.37. The van der Waals surface area contributed by atoms with Gasteiger partial charge in [-0.25, -0.2) is 0 Å². The molecular formula is C22H26NO6+. The van der Waals surface area contributed by atoms with E-state index in [0.29, 0.717) is 48.0 Å². The van der Waals surface area contributed by atoms with Crippen LogP contribution in [0.1, 0.15) is 22.8 Å². The largest absolute Gasteiger partial charge is 0.507 e. The molecule has 0 bridgehead atoms. The molecule has 2 aromatic carbocycles. The molecule has 7 nitrogen and oxygen atoms in total. The molecule has 0 aliphatic carbocycles. The molecule has 1 aliphatic heterocycles. The Morgan fingerprint density at radius 1 is 1.07 bits per heavy atom. The molecule has 29 heavy (non-hydrogen) atoms. The van der Waals surface area contributed by atoms with Crippen molar-refractivity contribution in [2.24, 2.45) is 0 Å². The maximum Gasteiger partial charge on any atom is 0.135 e. The predicted octanol–water partition coefficient (Wildman–Crippen LogP) is 1.65. The second-order valence-electron chi connectivity index (χ2n) is 7.18. The van der Waals surface area contributed by atoms with Gasteiger partial charge in [0.05, 0.1) is 39.3 Å². The van der Waals surface area contributed by atoms with Crippen LogP contribution in [0, 0.1) is 0 Å². The van der Waals surface area contributed by atoms with Gasteiger partial charge in [-0.1, -0.05) is 0 Å². The van der Waals surface area contributed by atoms with Crippen LogP contribution in [0.25, 0.3) is 11.0 Å². The number of methoxy groups -OCH3 is 2. The quantitative estimate of drug-likeness (QED) is 0.584. The Kier molecular flexibility index (Phi) is 5.62. The van der Waals surface area contributed by atoms with Crippen LogP contribution in [-0.4, -0.2) is 50.7 Å². The van der Waals surface area contributed by atoms with Crippen molar-refractivity contribution in [2.45, 2.75) is 12.6 Å². The number of quaternary nitrogens is 1. The van der Waals surface area contributed by atoms with Crippen molar-refractivity contribution in [2.75, 3.05) is 40.5 Å². The number of phenolic OH excluding ortho intramolecular Hbond substituents is 1. The normalized spacial score (nSPS) is 16.1. The molecule has 1 aromatic heterocycles. The Morgan fingerprint density at radius 3 is 2.59 bits per heavy atom. The van der Waals surface area contributed by atoms with Crippen LogP contribution in [0.3, 0.4) is 0 Å². The zero-order valence-electron chi connectivity index (χ0n) is 16.6. The fourth-order valence-electron chi connectivity index (χ4n) is 3.90. The molecule has 7 heteroatoms. The average molecular weight is 400 g/mol. The number of phenols is 1. The minimum absolute atomic E-state index is 0.198. The number of aliphatic hydroxyl groups is 1. The molecule has 0 radical (unpaired) electrons. The lowest BCUT2D eigenvalue weighted by atomic mass is 9.96. The summed E-state index contributed by atoms with van der Waals surface area (Å²) in [7, 11) is 3.14. The number of aromatic hydroxyl groups is 1. The van der Waals surface area contributed by atoms with E-state index in [4.69, 9.17) is 18.6 Å². The highest BCUT2D eigenvalue weighted by molar-refractivity contribution is 5.87. The first-order valence-electron chi connectivity index (χ1n) is 9.65. The highest BCUT2D eigenvalue weighted by atomic mass is 16.5. The Morgan fingerprint density at radius 2 is 1.86 bits per heavy atom. The topological polar surface area (TPSA) is 85.7 Å². The molecule has 3 aromatic rings. The second-order valence-corrected chi connectivity index (χ2v) is 7.18. The number of morpholine rings is 1. The van der Waals surface area contributed by atoms with E-state index in [1.54, 1.807) is 50.8 Å². The maximum absolute atomic E-state index is 11.2. The maximum atomic E-state index is 11.2. The van der Waals surface area contributed by atoms with Crippen LogP contribution in [0.2, 0.25) is 0 Å². The van der Waals surface area contributed by atoms with Crippen LogP contribution >= 0.6 is 0 Å². The van der Waals surface area contributed by atoms with Crippen molar-refractivity contribution >= 4 is 11.0 Å². The molecule has 3 N–H and O–H groups in total. The van der Waals surface area contributed by atoms with Gasteiger partial charge in [-0.05, 0) is 30.3 Å². The Hall–Kier alpha value is -2.74. The molecule has 4 rings (SSSR count). The Balaban J connectivity index is 1.79. The van der Waals surface area contributed by atoms with Crippen molar-refractivity contribution in [1.29, 1.82) is 0 Å². The monoisotopic (exact) mass is 400 g/mol. The first-order valence-corrected chi connectivity index (χ1v) is 9.65. The van der Waals surface area contributed by atoms with E-state index in [2.05, 4.69) is 0 Å². The van der Waals surface area contributed by atoms with Crippen LogP contribution in [0.5, 0.6) is 17.2 Å². The van der Waals surface area contributed by atoms with E-state index in [1.165, 1.54) is 4.90 Å². The van der Waals surface area contributed by atoms with E-state index in [1.807, 2.05) is 0 Å². The summed E-state index contributed by atoms with van der Waals surface area (Å²) in [6, 6.07) is 8.65. The molecule has 1 saturated heterocycles. The predicted molar refractivity (Wildman–Crippen MR) is 107 cm³/mol. The van der Waals surface area contributed by atoms with Gasteiger partial charge in [0.25, 0.3) is 0 Å². The highest BCUT2D eigenvalue weighted by Crippen LogP contribution is 2.39. The van der Waals surface area contributed by atoms with Gasteiger partial charge in [0.1, 0.15) is 48.6 Å².